The SMILES string of the molecule is Oc1cc(Cl)c(F)c(Cl)c1. The van der Waals surface area contributed by atoms with Crippen LogP contribution in [0.2, 0.25) is 10.0 Å². The van der Waals surface area contributed by atoms with Crippen molar-refractivity contribution >= 4 is 23.2 Å². The zero-order valence-electron chi connectivity index (χ0n) is 4.74. The minimum absolute atomic E-state index is 0.142. The van der Waals surface area contributed by atoms with Gasteiger partial charge in [0.15, 0.2) is 5.82 Å². The smallest absolute Gasteiger partial charge is 0.160 e. The molecule has 1 aromatic rings. The second-order valence-corrected chi connectivity index (χ2v) is 2.54. The van der Waals surface area contributed by atoms with Crippen LogP contribution < -0.4 is 0 Å². The molecule has 0 fully saturated rings. The predicted octanol–water partition coefficient (Wildman–Crippen LogP) is 2.84. The molecule has 0 aromatic heterocycles. The Morgan fingerprint density at radius 2 is 1.60 bits per heavy atom. The van der Waals surface area contributed by atoms with Gasteiger partial charge >= 0.3 is 0 Å². The topological polar surface area (TPSA) is 20.2 Å². The minimum atomic E-state index is -0.707. The summed E-state index contributed by atoms with van der Waals surface area (Å²) in [5, 5.41) is 8.43. The van der Waals surface area contributed by atoms with Crippen LogP contribution in [0, 0.1) is 5.82 Å². The van der Waals surface area contributed by atoms with E-state index in [4.69, 9.17) is 28.3 Å². The summed E-state index contributed by atoms with van der Waals surface area (Å²) < 4.78 is 12.5. The number of aromatic hydroxyl groups is 1. The lowest BCUT2D eigenvalue weighted by atomic mass is 10.3. The van der Waals surface area contributed by atoms with Crippen LogP contribution in [-0.4, -0.2) is 5.11 Å². The predicted molar refractivity (Wildman–Crippen MR) is 38.1 cm³/mol. The van der Waals surface area contributed by atoms with E-state index < -0.39 is 5.82 Å². The van der Waals surface area contributed by atoms with Crippen molar-refractivity contribution in [3.8, 4) is 5.75 Å². The van der Waals surface area contributed by atoms with Crippen LogP contribution in [-0.2, 0) is 0 Å². The monoisotopic (exact) mass is 180 g/mol. The molecule has 0 aliphatic rings. The molecule has 0 unspecified atom stereocenters. The van der Waals surface area contributed by atoms with Crippen molar-refractivity contribution < 1.29 is 9.50 Å². The highest BCUT2D eigenvalue weighted by Crippen LogP contribution is 2.27. The molecule has 10 heavy (non-hydrogen) atoms. The van der Waals surface area contributed by atoms with E-state index in [2.05, 4.69) is 0 Å². The Labute approximate surface area is 67.0 Å². The molecular formula is C6H3Cl2FO. The standard InChI is InChI=1S/C6H3Cl2FO/c7-4-1-3(10)2-5(8)6(4)9/h1-2,10H. The fourth-order valence-corrected chi connectivity index (χ4v) is 1.02. The second-order valence-electron chi connectivity index (χ2n) is 1.72. The Morgan fingerprint density at radius 1 is 1.20 bits per heavy atom. The van der Waals surface area contributed by atoms with Crippen molar-refractivity contribution in [3.63, 3.8) is 0 Å². The first-order valence-electron chi connectivity index (χ1n) is 2.45. The molecule has 4 heteroatoms. The summed E-state index contributed by atoms with van der Waals surface area (Å²) in [6, 6.07) is 2.17. The van der Waals surface area contributed by atoms with Gasteiger partial charge in [0.25, 0.3) is 0 Å². The summed E-state index contributed by atoms with van der Waals surface area (Å²) in [6.45, 7) is 0. The summed E-state index contributed by atoms with van der Waals surface area (Å²) in [5.74, 6) is -0.850. The van der Waals surface area contributed by atoms with E-state index in [1.807, 2.05) is 0 Å². The number of rotatable bonds is 0. The summed E-state index contributed by atoms with van der Waals surface area (Å²) in [7, 11) is 0. The molecule has 1 nitrogen and oxygen atoms in total. The van der Waals surface area contributed by atoms with Gasteiger partial charge < -0.3 is 5.11 Å². The van der Waals surface area contributed by atoms with Crippen molar-refractivity contribution in [2.75, 3.05) is 0 Å². The van der Waals surface area contributed by atoms with Crippen LogP contribution in [0.1, 0.15) is 0 Å². The normalized spacial score (nSPS) is 9.90. The van der Waals surface area contributed by atoms with Crippen LogP contribution in [0.25, 0.3) is 0 Å². The van der Waals surface area contributed by atoms with Crippen molar-refractivity contribution in [1.29, 1.82) is 0 Å². The maximum atomic E-state index is 12.5. The van der Waals surface area contributed by atoms with Crippen molar-refractivity contribution in [2.24, 2.45) is 0 Å². The van der Waals surface area contributed by atoms with Crippen LogP contribution in [0.5, 0.6) is 5.75 Å². The van der Waals surface area contributed by atoms with Gasteiger partial charge in [-0.05, 0) is 0 Å². The third-order valence-electron chi connectivity index (χ3n) is 0.969. The van der Waals surface area contributed by atoms with Gasteiger partial charge in [-0.2, -0.15) is 0 Å². The van der Waals surface area contributed by atoms with Gasteiger partial charge in [0.05, 0.1) is 10.0 Å². The first-order valence-corrected chi connectivity index (χ1v) is 3.20. The number of hydrogen-bond acceptors (Lipinski definition) is 1. The maximum absolute atomic E-state index is 12.5. The van der Waals surface area contributed by atoms with E-state index in [1.54, 1.807) is 0 Å². The maximum Gasteiger partial charge on any atom is 0.160 e. The molecule has 0 radical (unpaired) electrons. The molecule has 1 rings (SSSR count). The first-order chi connectivity index (χ1) is 4.61. The van der Waals surface area contributed by atoms with E-state index in [0.29, 0.717) is 0 Å². The Morgan fingerprint density at radius 3 is 2.00 bits per heavy atom. The molecule has 0 amide bonds. The van der Waals surface area contributed by atoms with Crippen LogP contribution in [0.15, 0.2) is 12.1 Å². The molecule has 0 spiro atoms. The van der Waals surface area contributed by atoms with E-state index in [-0.39, 0.29) is 15.8 Å². The van der Waals surface area contributed by atoms with Crippen molar-refractivity contribution in [1.82, 2.24) is 0 Å². The summed E-state index contributed by atoms with van der Waals surface area (Å²) in [6.07, 6.45) is 0. The molecule has 1 N–H and O–H groups in total. The van der Waals surface area contributed by atoms with Gasteiger partial charge in [0.1, 0.15) is 5.75 Å². The molecule has 0 atom stereocenters. The van der Waals surface area contributed by atoms with Crippen LogP contribution >= 0.6 is 23.2 Å². The van der Waals surface area contributed by atoms with E-state index >= 15 is 0 Å². The molecule has 0 bridgehead atoms. The summed E-state index contributed by atoms with van der Waals surface area (Å²) >= 11 is 10.6. The third-order valence-corrected chi connectivity index (χ3v) is 1.52. The fourth-order valence-electron chi connectivity index (χ4n) is 0.542. The van der Waals surface area contributed by atoms with Crippen molar-refractivity contribution in [2.45, 2.75) is 0 Å². The highest BCUT2D eigenvalue weighted by atomic mass is 35.5. The molecule has 1 aromatic carbocycles. The highest BCUT2D eigenvalue weighted by Gasteiger charge is 2.05. The van der Waals surface area contributed by atoms with Crippen molar-refractivity contribution in [3.05, 3.63) is 28.0 Å². The third kappa shape index (κ3) is 1.33. The molecular weight excluding hydrogens is 178 g/mol. The number of benzene rings is 1. The average molecular weight is 181 g/mol. The van der Waals surface area contributed by atoms with E-state index in [0.717, 1.165) is 12.1 Å². The van der Waals surface area contributed by atoms with Crippen LogP contribution in [0.3, 0.4) is 0 Å². The van der Waals surface area contributed by atoms with Gasteiger partial charge in [-0.25, -0.2) is 4.39 Å². The molecule has 0 aliphatic carbocycles. The lowest BCUT2D eigenvalue weighted by Crippen LogP contribution is -1.77. The van der Waals surface area contributed by atoms with Gasteiger partial charge in [0.2, 0.25) is 0 Å². The summed E-state index contributed by atoms with van der Waals surface area (Å²) in [5.41, 5.74) is 0. The Kier molecular flexibility index (Phi) is 2.02. The summed E-state index contributed by atoms with van der Waals surface area (Å²) in [4.78, 5) is 0. The lowest BCUT2D eigenvalue weighted by Gasteiger charge is -1.96. The van der Waals surface area contributed by atoms with Gasteiger partial charge in [-0.3, -0.25) is 0 Å². The number of phenolic OH excluding ortho intramolecular Hbond substituents is 1. The first kappa shape index (κ1) is 7.63. The van der Waals surface area contributed by atoms with Gasteiger partial charge in [-0.15, -0.1) is 0 Å². The number of phenols is 1. The molecule has 0 aliphatic heterocycles. The Balaban J connectivity index is 3.31. The molecule has 0 heterocycles. The quantitative estimate of drug-likeness (QED) is 0.610. The Hall–Kier alpha value is -0.470. The van der Waals surface area contributed by atoms with Gasteiger partial charge in [-0.1, -0.05) is 23.2 Å². The Bertz CT molecular complexity index is 239. The van der Waals surface area contributed by atoms with Gasteiger partial charge in [0, 0.05) is 12.1 Å². The zero-order valence-corrected chi connectivity index (χ0v) is 6.25. The zero-order chi connectivity index (χ0) is 7.72. The number of halogens is 3. The average Bonchev–Trinajstić information content (AvgIpc) is 1.82. The second kappa shape index (κ2) is 2.64. The minimum Gasteiger partial charge on any atom is -0.508 e. The lowest BCUT2D eigenvalue weighted by molar-refractivity contribution is 0.473. The number of hydrogen-bond donors (Lipinski definition) is 1. The molecule has 0 saturated carbocycles. The molecule has 54 valence electrons. The van der Waals surface area contributed by atoms with Crippen LogP contribution in [0.4, 0.5) is 4.39 Å². The van der Waals surface area contributed by atoms with E-state index in [1.165, 1.54) is 0 Å². The van der Waals surface area contributed by atoms with E-state index in [9.17, 15) is 4.39 Å². The fraction of sp³-hybridized carbons (Fsp3) is 0. The molecule has 0 saturated heterocycles. The largest absolute Gasteiger partial charge is 0.508 e. The highest BCUT2D eigenvalue weighted by molar-refractivity contribution is 6.35.